The minimum absolute atomic E-state index is 0.214. The zero-order valence-corrected chi connectivity index (χ0v) is 7.94. The first-order valence-electron chi connectivity index (χ1n) is 4.68. The molecule has 1 heterocycles. The van der Waals surface area contributed by atoms with Crippen molar-refractivity contribution in [2.24, 2.45) is 5.92 Å². The highest BCUT2D eigenvalue weighted by molar-refractivity contribution is 5.07. The van der Waals surface area contributed by atoms with Crippen LogP contribution in [0.25, 0.3) is 0 Å². The van der Waals surface area contributed by atoms with Gasteiger partial charge in [-0.25, -0.2) is 0 Å². The van der Waals surface area contributed by atoms with E-state index in [9.17, 15) is 0 Å². The lowest BCUT2D eigenvalue weighted by molar-refractivity contribution is 0.166. The fourth-order valence-corrected chi connectivity index (χ4v) is 1.30. The third-order valence-electron chi connectivity index (χ3n) is 2.15. The summed E-state index contributed by atoms with van der Waals surface area (Å²) in [5, 5.41) is 8.47. The van der Waals surface area contributed by atoms with Gasteiger partial charge in [-0.05, 0) is 30.9 Å². The van der Waals surface area contributed by atoms with Crippen molar-refractivity contribution in [3.8, 4) is 6.07 Å². The maximum absolute atomic E-state index is 8.47. The fourth-order valence-electron chi connectivity index (χ4n) is 1.30. The van der Waals surface area contributed by atoms with Crippen LogP contribution in [0.2, 0.25) is 0 Å². The van der Waals surface area contributed by atoms with Crippen LogP contribution >= 0.6 is 0 Å². The highest BCUT2D eigenvalue weighted by Crippen LogP contribution is 2.15. The molecule has 0 radical (unpaired) electrons. The summed E-state index contributed by atoms with van der Waals surface area (Å²) in [5.41, 5.74) is 0. The molecule has 0 saturated carbocycles. The number of ether oxygens (including phenoxy) is 1. The summed E-state index contributed by atoms with van der Waals surface area (Å²) in [6.07, 6.45) is 10.6. The van der Waals surface area contributed by atoms with Gasteiger partial charge in [-0.3, -0.25) is 0 Å². The van der Waals surface area contributed by atoms with Gasteiger partial charge in [-0.1, -0.05) is 13.0 Å². The van der Waals surface area contributed by atoms with Gasteiger partial charge in [0.15, 0.2) is 0 Å². The summed E-state index contributed by atoms with van der Waals surface area (Å²) in [6, 6.07) is 2.18. The van der Waals surface area contributed by atoms with E-state index in [0.29, 0.717) is 12.3 Å². The van der Waals surface area contributed by atoms with Gasteiger partial charge in [-0.2, -0.15) is 5.26 Å². The molecule has 1 aliphatic rings. The molecule has 2 heteroatoms. The van der Waals surface area contributed by atoms with Crippen molar-refractivity contribution in [1.29, 1.82) is 5.26 Å². The van der Waals surface area contributed by atoms with Gasteiger partial charge in [0, 0.05) is 6.42 Å². The zero-order chi connectivity index (χ0) is 9.52. The van der Waals surface area contributed by atoms with Crippen LogP contribution in [0, 0.1) is 17.2 Å². The molecular weight excluding hydrogens is 162 g/mol. The van der Waals surface area contributed by atoms with E-state index in [-0.39, 0.29) is 6.10 Å². The van der Waals surface area contributed by atoms with Crippen molar-refractivity contribution >= 4 is 0 Å². The van der Waals surface area contributed by atoms with Crippen LogP contribution in [0.5, 0.6) is 0 Å². The van der Waals surface area contributed by atoms with Gasteiger partial charge in [-0.15, -0.1) is 0 Å². The molecule has 0 spiro atoms. The van der Waals surface area contributed by atoms with Gasteiger partial charge >= 0.3 is 0 Å². The number of allylic oxidation sites excluding steroid dienone is 2. The average Bonchev–Trinajstić information content (AvgIpc) is 2.17. The summed E-state index contributed by atoms with van der Waals surface area (Å²) in [5.74, 6) is 0.480. The van der Waals surface area contributed by atoms with Gasteiger partial charge < -0.3 is 4.74 Å². The molecular formula is C11H15NO. The normalized spacial score (nSPS) is 22.0. The van der Waals surface area contributed by atoms with E-state index in [4.69, 9.17) is 10.00 Å². The number of rotatable bonds is 4. The van der Waals surface area contributed by atoms with Crippen LogP contribution in [0.3, 0.4) is 0 Å². The molecule has 0 aromatic rings. The monoisotopic (exact) mass is 177 g/mol. The second-order valence-corrected chi connectivity index (χ2v) is 3.43. The van der Waals surface area contributed by atoms with Gasteiger partial charge in [0.05, 0.1) is 12.3 Å². The highest BCUT2D eigenvalue weighted by Gasteiger charge is 2.08. The first-order chi connectivity index (χ1) is 6.33. The van der Waals surface area contributed by atoms with Crippen molar-refractivity contribution in [1.82, 2.24) is 0 Å². The molecule has 2 unspecified atom stereocenters. The van der Waals surface area contributed by atoms with E-state index in [1.54, 1.807) is 6.26 Å². The molecule has 0 amide bonds. The third-order valence-corrected chi connectivity index (χ3v) is 2.15. The minimum Gasteiger partial charge on any atom is -0.494 e. The van der Waals surface area contributed by atoms with Crippen molar-refractivity contribution in [2.45, 2.75) is 32.3 Å². The lowest BCUT2D eigenvalue weighted by Gasteiger charge is -2.16. The Labute approximate surface area is 79.5 Å². The van der Waals surface area contributed by atoms with Crippen LogP contribution in [0.15, 0.2) is 24.5 Å². The molecule has 0 aliphatic carbocycles. The second kappa shape index (κ2) is 5.42. The molecule has 0 aromatic carbocycles. The number of nitrogens with zero attached hydrogens (tertiary/aromatic N) is 1. The quantitative estimate of drug-likeness (QED) is 0.661. The Hall–Kier alpha value is -1.23. The van der Waals surface area contributed by atoms with Crippen molar-refractivity contribution < 1.29 is 4.74 Å². The smallest absolute Gasteiger partial charge is 0.116 e. The van der Waals surface area contributed by atoms with Crippen LogP contribution < -0.4 is 0 Å². The van der Waals surface area contributed by atoms with E-state index < -0.39 is 0 Å². The summed E-state index contributed by atoms with van der Waals surface area (Å²) in [7, 11) is 0. The SMILES string of the molecule is CC(CC#N)CCC1C=CC=CO1. The number of hydrogen-bond acceptors (Lipinski definition) is 2. The van der Waals surface area contributed by atoms with Crippen LogP contribution in [0.1, 0.15) is 26.2 Å². The molecule has 0 N–H and O–H groups in total. The lowest BCUT2D eigenvalue weighted by Crippen LogP contribution is -2.09. The molecule has 70 valence electrons. The Balaban J connectivity index is 2.16. The Morgan fingerprint density at radius 1 is 1.54 bits per heavy atom. The van der Waals surface area contributed by atoms with Gasteiger partial charge in [0.1, 0.15) is 6.10 Å². The fraction of sp³-hybridized carbons (Fsp3) is 0.545. The topological polar surface area (TPSA) is 33.0 Å². The first kappa shape index (κ1) is 9.85. The van der Waals surface area contributed by atoms with E-state index in [1.807, 2.05) is 12.2 Å². The number of hydrogen-bond donors (Lipinski definition) is 0. The van der Waals surface area contributed by atoms with Crippen molar-refractivity contribution in [3.63, 3.8) is 0 Å². The van der Waals surface area contributed by atoms with E-state index in [2.05, 4.69) is 19.1 Å². The van der Waals surface area contributed by atoms with Crippen molar-refractivity contribution in [3.05, 3.63) is 24.5 Å². The summed E-state index contributed by atoms with van der Waals surface area (Å²) >= 11 is 0. The number of nitriles is 1. The Bertz CT molecular complexity index is 237. The largest absolute Gasteiger partial charge is 0.494 e. The minimum atomic E-state index is 0.214. The third kappa shape index (κ3) is 3.80. The van der Waals surface area contributed by atoms with Gasteiger partial charge in [0.2, 0.25) is 0 Å². The Morgan fingerprint density at radius 3 is 3.00 bits per heavy atom. The maximum Gasteiger partial charge on any atom is 0.116 e. The molecule has 0 saturated heterocycles. The summed E-state index contributed by atoms with van der Waals surface area (Å²) in [4.78, 5) is 0. The van der Waals surface area contributed by atoms with Crippen LogP contribution in [0.4, 0.5) is 0 Å². The summed E-state index contributed by atoms with van der Waals surface area (Å²) in [6.45, 7) is 2.10. The molecule has 1 rings (SSSR count). The first-order valence-corrected chi connectivity index (χ1v) is 4.68. The highest BCUT2D eigenvalue weighted by atomic mass is 16.5. The molecule has 2 nitrogen and oxygen atoms in total. The average molecular weight is 177 g/mol. The maximum atomic E-state index is 8.47. The van der Waals surface area contributed by atoms with Gasteiger partial charge in [0.25, 0.3) is 0 Å². The van der Waals surface area contributed by atoms with E-state index in [0.717, 1.165) is 12.8 Å². The molecule has 0 bridgehead atoms. The Kier molecular flexibility index (Phi) is 4.11. The van der Waals surface area contributed by atoms with E-state index >= 15 is 0 Å². The second-order valence-electron chi connectivity index (χ2n) is 3.43. The summed E-state index contributed by atoms with van der Waals surface area (Å²) < 4.78 is 5.36. The predicted molar refractivity (Wildman–Crippen MR) is 51.8 cm³/mol. The molecule has 0 aromatic heterocycles. The molecule has 13 heavy (non-hydrogen) atoms. The lowest BCUT2D eigenvalue weighted by atomic mass is 10.00. The Morgan fingerprint density at radius 2 is 2.38 bits per heavy atom. The van der Waals surface area contributed by atoms with E-state index in [1.165, 1.54) is 0 Å². The van der Waals surface area contributed by atoms with Crippen molar-refractivity contribution in [2.75, 3.05) is 0 Å². The van der Waals surface area contributed by atoms with Crippen LogP contribution in [-0.2, 0) is 4.74 Å². The molecule has 0 fully saturated rings. The molecule has 1 aliphatic heterocycles. The predicted octanol–water partition coefficient (Wildman–Crippen LogP) is 2.79. The zero-order valence-electron chi connectivity index (χ0n) is 7.94. The standard InChI is InChI=1S/C11H15NO/c1-10(7-8-12)5-6-11-4-2-3-9-13-11/h2-4,9-11H,5-7H2,1H3. The molecule has 2 atom stereocenters. The van der Waals surface area contributed by atoms with Crippen LogP contribution in [-0.4, -0.2) is 6.10 Å².